The van der Waals surface area contributed by atoms with Crippen molar-refractivity contribution in [3.63, 3.8) is 0 Å². The Balaban J connectivity index is 1.84. The van der Waals surface area contributed by atoms with Crippen LogP contribution in [0.5, 0.6) is 0 Å². The zero-order valence-corrected chi connectivity index (χ0v) is 11.9. The number of benzene rings is 1. The van der Waals surface area contributed by atoms with Crippen LogP contribution in [-0.2, 0) is 13.0 Å². The summed E-state index contributed by atoms with van der Waals surface area (Å²) < 4.78 is 3.37. The highest BCUT2D eigenvalue weighted by Gasteiger charge is 2.16. The number of fused-ring (bicyclic) bond motifs is 2. The van der Waals surface area contributed by atoms with Gasteiger partial charge in [-0.05, 0) is 31.0 Å². The molecule has 0 aliphatic carbocycles. The third-order valence-electron chi connectivity index (χ3n) is 3.77. The number of nitrogens with two attached hydrogens (primary N) is 1. The van der Waals surface area contributed by atoms with Gasteiger partial charge in [0.1, 0.15) is 5.82 Å². The molecule has 5 nitrogen and oxygen atoms in total. The topological polar surface area (TPSA) is 69.6 Å². The van der Waals surface area contributed by atoms with Crippen LogP contribution in [0.25, 0.3) is 21.6 Å². The largest absolute Gasteiger partial charge is 0.375 e. The van der Waals surface area contributed by atoms with Crippen LogP contribution >= 0.6 is 11.3 Å². The first-order chi connectivity index (χ1) is 9.81. The number of hydrogen-bond donors (Lipinski definition) is 1. The maximum Gasteiger partial charge on any atom is 0.181 e. The number of nitrogen functional groups attached to an aromatic ring is 1. The second-order valence-electron chi connectivity index (χ2n) is 5.14. The molecule has 0 spiro atoms. The van der Waals surface area contributed by atoms with Crippen LogP contribution in [0.4, 0.5) is 5.13 Å². The lowest BCUT2D eigenvalue weighted by atomic mass is 10.2. The predicted molar refractivity (Wildman–Crippen MR) is 80.6 cm³/mol. The molecule has 0 saturated carbocycles. The lowest BCUT2D eigenvalue weighted by molar-refractivity contribution is 0.637. The first kappa shape index (κ1) is 11.8. The number of thiazole rings is 1. The van der Waals surface area contributed by atoms with Gasteiger partial charge in [-0.2, -0.15) is 0 Å². The lowest BCUT2D eigenvalue weighted by Crippen LogP contribution is -2.02. The van der Waals surface area contributed by atoms with Gasteiger partial charge in [-0.3, -0.25) is 0 Å². The van der Waals surface area contributed by atoms with Crippen molar-refractivity contribution >= 4 is 26.7 Å². The summed E-state index contributed by atoms with van der Waals surface area (Å²) in [6.45, 7) is 1.01. The standard InChI is InChI=1S/C14H15N5S/c15-14-16-10-6-5-9(8-11(10)20-14)13-18-17-12-4-2-1-3-7-19(12)13/h5-6,8H,1-4,7H2,(H2,15,16). The fraction of sp³-hybridized carbons (Fsp3) is 0.357. The quantitative estimate of drug-likeness (QED) is 0.746. The molecule has 2 N–H and O–H groups in total. The molecule has 6 heteroatoms. The van der Waals surface area contributed by atoms with Crippen molar-refractivity contribution in [1.29, 1.82) is 0 Å². The molecule has 3 aromatic rings. The molecule has 1 aromatic carbocycles. The third kappa shape index (κ3) is 1.87. The molecule has 0 bridgehead atoms. The monoisotopic (exact) mass is 285 g/mol. The highest BCUT2D eigenvalue weighted by atomic mass is 32.1. The van der Waals surface area contributed by atoms with Crippen molar-refractivity contribution in [3.05, 3.63) is 24.0 Å². The van der Waals surface area contributed by atoms with E-state index in [1.807, 2.05) is 6.07 Å². The molecule has 0 saturated heterocycles. The maximum absolute atomic E-state index is 5.77. The first-order valence-corrected chi connectivity index (χ1v) is 7.71. The molecule has 1 aliphatic rings. The van der Waals surface area contributed by atoms with Gasteiger partial charge < -0.3 is 10.3 Å². The zero-order chi connectivity index (χ0) is 13.5. The minimum Gasteiger partial charge on any atom is -0.375 e. The molecule has 4 rings (SSSR count). The maximum atomic E-state index is 5.77. The van der Waals surface area contributed by atoms with Crippen LogP contribution in [0.2, 0.25) is 0 Å². The summed E-state index contributed by atoms with van der Waals surface area (Å²) in [4.78, 5) is 4.29. The number of hydrogen-bond acceptors (Lipinski definition) is 5. The zero-order valence-electron chi connectivity index (χ0n) is 11.0. The average molecular weight is 285 g/mol. The van der Waals surface area contributed by atoms with Crippen molar-refractivity contribution in [3.8, 4) is 11.4 Å². The number of anilines is 1. The summed E-state index contributed by atoms with van der Waals surface area (Å²) >= 11 is 1.51. The Morgan fingerprint density at radius 1 is 1.15 bits per heavy atom. The highest BCUT2D eigenvalue weighted by Crippen LogP contribution is 2.29. The summed E-state index contributed by atoms with van der Waals surface area (Å²) in [5.74, 6) is 2.08. The molecular weight excluding hydrogens is 270 g/mol. The van der Waals surface area contributed by atoms with E-state index < -0.39 is 0 Å². The van der Waals surface area contributed by atoms with Gasteiger partial charge >= 0.3 is 0 Å². The van der Waals surface area contributed by atoms with Crippen molar-refractivity contribution < 1.29 is 0 Å². The van der Waals surface area contributed by atoms with Gasteiger partial charge in [0.25, 0.3) is 0 Å². The molecule has 3 heterocycles. The van der Waals surface area contributed by atoms with Crippen LogP contribution in [-0.4, -0.2) is 19.7 Å². The van der Waals surface area contributed by atoms with E-state index in [9.17, 15) is 0 Å². The third-order valence-corrected chi connectivity index (χ3v) is 4.62. The van der Waals surface area contributed by atoms with E-state index in [-0.39, 0.29) is 0 Å². The number of aryl methyl sites for hydroxylation is 1. The van der Waals surface area contributed by atoms with Crippen molar-refractivity contribution in [1.82, 2.24) is 19.7 Å². The molecule has 0 unspecified atom stereocenters. The van der Waals surface area contributed by atoms with E-state index in [1.165, 1.54) is 30.6 Å². The molecule has 2 aromatic heterocycles. The van der Waals surface area contributed by atoms with Crippen molar-refractivity contribution in [2.24, 2.45) is 0 Å². The van der Waals surface area contributed by atoms with Crippen LogP contribution < -0.4 is 5.73 Å². The Morgan fingerprint density at radius 3 is 3.05 bits per heavy atom. The van der Waals surface area contributed by atoms with Crippen LogP contribution in [0.3, 0.4) is 0 Å². The first-order valence-electron chi connectivity index (χ1n) is 6.90. The van der Waals surface area contributed by atoms with E-state index >= 15 is 0 Å². The highest BCUT2D eigenvalue weighted by molar-refractivity contribution is 7.22. The fourth-order valence-electron chi connectivity index (χ4n) is 2.78. The molecule has 0 fully saturated rings. The van der Waals surface area contributed by atoms with Gasteiger partial charge in [-0.25, -0.2) is 4.98 Å². The van der Waals surface area contributed by atoms with Gasteiger partial charge in [0.15, 0.2) is 11.0 Å². The average Bonchev–Trinajstić information content (AvgIpc) is 2.93. The summed E-state index contributed by atoms with van der Waals surface area (Å²) in [6.07, 6.45) is 4.71. The van der Waals surface area contributed by atoms with Crippen molar-refractivity contribution in [2.75, 3.05) is 5.73 Å². The van der Waals surface area contributed by atoms with Crippen LogP contribution in [0.15, 0.2) is 18.2 Å². The van der Waals surface area contributed by atoms with E-state index in [4.69, 9.17) is 5.73 Å². The smallest absolute Gasteiger partial charge is 0.181 e. The van der Waals surface area contributed by atoms with Gasteiger partial charge in [-0.15, -0.1) is 10.2 Å². The van der Waals surface area contributed by atoms with E-state index in [1.54, 1.807) is 0 Å². The lowest BCUT2D eigenvalue weighted by Gasteiger charge is -2.06. The number of nitrogens with zero attached hydrogens (tertiary/aromatic N) is 4. The van der Waals surface area contributed by atoms with E-state index in [2.05, 4.69) is 31.9 Å². The predicted octanol–water partition coefficient (Wildman–Crippen LogP) is 2.86. The molecule has 0 amide bonds. The minimum absolute atomic E-state index is 0.609. The van der Waals surface area contributed by atoms with E-state index in [0.717, 1.165) is 40.4 Å². The molecule has 1 aliphatic heterocycles. The van der Waals surface area contributed by atoms with Gasteiger partial charge in [0, 0.05) is 18.5 Å². The Hall–Kier alpha value is -1.95. The normalized spacial score (nSPS) is 15.2. The number of aromatic nitrogens is 4. The Bertz CT molecular complexity index is 773. The minimum atomic E-state index is 0.609. The summed E-state index contributed by atoms with van der Waals surface area (Å²) in [5, 5.41) is 9.35. The van der Waals surface area contributed by atoms with Gasteiger partial charge in [0.05, 0.1) is 10.2 Å². The SMILES string of the molecule is Nc1nc2ccc(-c3nnc4n3CCCCC4)cc2s1. The fourth-order valence-corrected chi connectivity index (χ4v) is 3.55. The summed E-state index contributed by atoms with van der Waals surface area (Å²) in [6, 6.07) is 6.19. The molecule has 102 valence electrons. The Kier molecular flexibility index (Phi) is 2.70. The van der Waals surface area contributed by atoms with Crippen molar-refractivity contribution in [2.45, 2.75) is 32.2 Å². The second kappa shape index (κ2) is 4.56. The van der Waals surface area contributed by atoms with Gasteiger partial charge in [-0.1, -0.05) is 17.8 Å². The van der Waals surface area contributed by atoms with Crippen LogP contribution in [0.1, 0.15) is 25.1 Å². The molecule has 0 atom stereocenters. The van der Waals surface area contributed by atoms with Crippen LogP contribution in [0, 0.1) is 0 Å². The molecule has 20 heavy (non-hydrogen) atoms. The Labute approximate surface area is 120 Å². The summed E-state index contributed by atoms with van der Waals surface area (Å²) in [5.41, 5.74) is 7.81. The Morgan fingerprint density at radius 2 is 2.10 bits per heavy atom. The number of rotatable bonds is 1. The van der Waals surface area contributed by atoms with Gasteiger partial charge in [0.2, 0.25) is 0 Å². The molecule has 0 radical (unpaired) electrons. The summed E-state index contributed by atoms with van der Waals surface area (Å²) in [7, 11) is 0. The van der Waals surface area contributed by atoms with E-state index in [0.29, 0.717) is 5.13 Å². The second-order valence-corrected chi connectivity index (χ2v) is 6.20. The molecular formula is C14H15N5S.